The molecular weight excluding hydrogens is 330 g/mol. The lowest BCUT2D eigenvalue weighted by atomic mass is 10.1. The van der Waals surface area contributed by atoms with Crippen LogP contribution in [-0.2, 0) is 12.8 Å². The van der Waals surface area contributed by atoms with Gasteiger partial charge in [-0.05, 0) is 44.0 Å². The third-order valence-electron chi connectivity index (χ3n) is 3.34. The van der Waals surface area contributed by atoms with Crippen molar-refractivity contribution in [2.45, 2.75) is 26.7 Å². The molecule has 24 heavy (non-hydrogen) atoms. The van der Waals surface area contributed by atoms with Gasteiger partial charge in [0, 0.05) is 31.4 Å². The fraction of sp³-hybridized carbons (Fsp3) is 0.412. The van der Waals surface area contributed by atoms with E-state index in [4.69, 9.17) is 0 Å². The number of guanidine groups is 1. The van der Waals surface area contributed by atoms with E-state index >= 15 is 0 Å². The Kier molecular flexibility index (Phi) is 7.11. The van der Waals surface area contributed by atoms with Crippen molar-refractivity contribution in [3.05, 3.63) is 51.5 Å². The molecule has 2 N–H and O–H groups in total. The first-order chi connectivity index (χ1) is 11.6. The zero-order valence-corrected chi connectivity index (χ0v) is 14.7. The van der Waals surface area contributed by atoms with Crippen LogP contribution in [0.1, 0.15) is 23.2 Å². The highest BCUT2D eigenvalue weighted by atomic mass is 32.1. The van der Waals surface area contributed by atoms with E-state index in [1.54, 1.807) is 11.3 Å². The fourth-order valence-electron chi connectivity index (χ4n) is 2.20. The van der Waals surface area contributed by atoms with Crippen molar-refractivity contribution in [3.63, 3.8) is 0 Å². The largest absolute Gasteiger partial charge is 0.357 e. The molecule has 0 bridgehead atoms. The molecule has 0 aliphatic carbocycles. The molecule has 0 saturated heterocycles. The predicted molar refractivity (Wildman–Crippen MR) is 94.6 cm³/mol. The Morgan fingerprint density at radius 2 is 2.08 bits per heavy atom. The molecule has 0 amide bonds. The summed E-state index contributed by atoms with van der Waals surface area (Å²) in [5.41, 5.74) is 1.40. The van der Waals surface area contributed by atoms with Crippen LogP contribution >= 0.6 is 11.3 Å². The highest BCUT2D eigenvalue weighted by Crippen LogP contribution is 2.10. The second-order valence-electron chi connectivity index (χ2n) is 5.28. The smallest absolute Gasteiger partial charge is 0.191 e. The van der Waals surface area contributed by atoms with Crippen molar-refractivity contribution in [3.8, 4) is 0 Å². The van der Waals surface area contributed by atoms with Gasteiger partial charge in [0.1, 0.15) is 11.6 Å². The van der Waals surface area contributed by atoms with Gasteiger partial charge in [-0.3, -0.25) is 4.99 Å². The third-order valence-corrected chi connectivity index (χ3v) is 4.17. The van der Waals surface area contributed by atoms with E-state index in [-0.39, 0.29) is 5.82 Å². The van der Waals surface area contributed by atoms with Crippen molar-refractivity contribution in [2.24, 2.45) is 4.99 Å². The number of hydrogen-bond donors (Lipinski definition) is 2. The molecular formula is C17H22F2N4S. The molecule has 1 aromatic carbocycles. The Bertz CT molecular complexity index is 685. The zero-order valence-electron chi connectivity index (χ0n) is 13.9. The molecule has 0 radical (unpaired) electrons. The molecule has 130 valence electrons. The van der Waals surface area contributed by atoms with Gasteiger partial charge >= 0.3 is 0 Å². The molecule has 4 nitrogen and oxygen atoms in total. The Labute approximate surface area is 145 Å². The van der Waals surface area contributed by atoms with E-state index in [2.05, 4.69) is 20.6 Å². The number of hydrogen-bond acceptors (Lipinski definition) is 3. The Morgan fingerprint density at radius 1 is 1.25 bits per heavy atom. The van der Waals surface area contributed by atoms with Gasteiger partial charge < -0.3 is 10.6 Å². The summed E-state index contributed by atoms with van der Waals surface area (Å²) in [4.78, 5) is 8.88. The molecule has 1 aromatic heterocycles. The van der Waals surface area contributed by atoms with Crippen LogP contribution in [0.2, 0.25) is 0 Å². The topological polar surface area (TPSA) is 49.3 Å². The number of nitrogens with zero attached hydrogens (tertiary/aromatic N) is 2. The summed E-state index contributed by atoms with van der Waals surface area (Å²) in [5, 5.41) is 9.37. The van der Waals surface area contributed by atoms with E-state index in [0.29, 0.717) is 31.0 Å². The maximum Gasteiger partial charge on any atom is 0.191 e. The number of thiazole rings is 1. The normalized spacial score (nSPS) is 11.6. The van der Waals surface area contributed by atoms with Gasteiger partial charge in [-0.1, -0.05) is 0 Å². The van der Waals surface area contributed by atoms with Crippen molar-refractivity contribution in [1.82, 2.24) is 15.6 Å². The van der Waals surface area contributed by atoms with Gasteiger partial charge in [0.15, 0.2) is 5.96 Å². The highest BCUT2D eigenvalue weighted by Gasteiger charge is 2.05. The average molecular weight is 352 g/mol. The summed E-state index contributed by atoms with van der Waals surface area (Å²) in [6, 6.07) is 3.50. The summed E-state index contributed by atoms with van der Waals surface area (Å²) in [7, 11) is 0. The molecule has 0 unspecified atom stereocenters. The first-order valence-corrected chi connectivity index (χ1v) is 8.83. The van der Waals surface area contributed by atoms with Gasteiger partial charge in [-0.25, -0.2) is 13.8 Å². The number of nitrogens with one attached hydrogen (secondary N) is 2. The molecule has 1 heterocycles. The number of aryl methyl sites for hydroxylation is 1. The minimum atomic E-state index is -0.425. The van der Waals surface area contributed by atoms with Crippen LogP contribution in [0.3, 0.4) is 0 Å². The van der Waals surface area contributed by atoms with Gasteiger partial charge in [0.25, 0.3) is 0 Å². The van der Waals surface area contributed by atoms with Crippen LogP contribution in [0.15, 0.2) is 28.6 Å². The molecule has 0 atom stereocenters. The van der Waals surface area contributed by atoms with Crippen LogP contribution < -0.4 is 10.6 Å². The Hall–Kier alpha value is -2.02. The van der Waals surface area contributed by atoms with E-state index in [1.807, 2.05) is 19.2 Å². The van der Waals surface area contributed by atoms with Crippen LogP contribution in [0.25, 0.3) is 0 Å². The number of halogens is 2. The summed E-state index contributed by atoms with van der Waals surface area (Å²) in [5.74, 6) is -0.147. The first-order valence-electron chi connectivity index (χ1n) is 7.95. The molecule has 0 saturated carbocycles. The molecule has 0 aliphatic heterocycles. The van der Waals surface area contributed by atoms with Crippen LogP contribution in [0.5, 0.6) is 0 Å². The average Bonchev–Trinajstić information content (AvgIpc) is 2.96. The monoisotopic (exact) mass is 352 g/mol. The molecule has 2 rings (SSSR count). The Balaban J connectivity index is 1.83. The predicted octanol–water partition coefficient (Wildman–Crippen LogP) is 3.07. The maximum absolute atomic E-state index is 13.6. The second kappa shape index (κ2) is 9.32. The summed E-state index contributed by atoms with van der Waals surface area (Å²) in [6.07, 6.45) is 1.17. The molecule has 0 aliphatic rings. The summed E-state index contributed by atoms with van der Waals surface area (Å²) < 4.78 is 26.7. The third kappa shape index (κ3) is 5.88. The maximum atomic E-state index is 13.6. The summed E-state index contributed by atoms with van der Waals surface area (Å²) >= 11 is 1.63. The second-order valence-corrected chi connectivity index (χ2v) is 6.34. The molecule has 2 aromatic rings. The van der Waals surface area contributed by atoms with E-state index in [0.717, 1.165) is 35.8 Å². The Morgan fingerprint density at radius 3 is 2.79 bits per heavy atom. The van der Waals surface area contributed by atoms with Crippen LogP contribution in [-0.4, -0.2) is 30.6 Å². The lowest BCUT2D eigenvalue weighted by Gasteiger charge is -2.11. The van der Waals surface area contributed by atoms with Gasteiger partial charge in [-0.2, -0.15) is 0 Å². The van der Waals surface area contributed by atoms with Crippen molar-refractivity contribution in [2.75, 3.05) is 19.6 Å². The number of benzene rings is 1. The molecule has 0 spiro atoms. The molecule has 7 heteroatoms. The minimum absolute atomic E-state index is 0.358. The van der Waals surface area contributed by atoms with Crippen LogP contribution in [0.4, 0.5) is 8.78 Å². The van der Waals surface area contributed by atoms with E-state index < -0.39 is 5.82 Å². The fourth-order valence-corrected chi connectivity index (χ4v) is 2.84. The lowest BCUT2D eigenvalue weighted by molar-refractivity contribution is 0.583. The lowest BCUT2D eigenvalue weighted by Crippen LogP contribution is -2.38. The quantitative estimate of drug-likeness (QED) is 0.595. The summed E-state index contributed by atoms with van der Waals surface area (Å²) in [6.45, 7) is 5.78. The van der Waals surface area contributed by atoms with Crippen molar-refractivity contribution < 1.29 is 8.78 Å². The SMILES string of the molecule is CCNC(=NCCc1csc(C)n1)NCCc1cc(F)ccc1F. The van der Waals surface area contributed by atoms with Crippen molar-refractivity contribution >= 4 is 17.3 Å². The standard InChI is InChI=1S/C17H22F2N4S/c1-3-20-17(22-9-7-15-11-24-12(2)23-15)21-8-6-13-10-14(18)4-5-16(13)19/h4-5,10-11H,3,6-9H2,1-2H3,(H2,20,21,22). The van der Waals surface area contributed by atoms with Gasteiger partial charge in [0.05, 0.1) is 10.7 Å². The number of rotatable bonds is 7. The van der Waals surface area contributed by atoms with E-state index in [1.165, 1.54) is 6.07 Å². The van der Waals surface area contributed by atoms with Gasteiger partial charge in [0.2, 0.25) is 0 Å². The van der Waals surface area contributed by atoms with Gasteiger partial charge in [-0.15, -0.1) is 11.3 Å². The van der Waals surface area contributed by atoms with Crippen LogP contribution in [0, 0.1) is 18.6 Å². The molecule has 0 fully saturated rings. The zero-order chi connectivity index (χ0) is 17.4. The number of aliphatic imine (C=N–C) groups is 1. The van der Waals surface area contributed by atoms with Crippen molar-refractivity contribution in [1.29, 1.82) is 0 Å². The van der Waals surface area contributed by atoms with E-state index in [9.17, 15) is 8.78 Å². The minimum Gasteiger partial charge on any atom is -0.357 e. The highest BCUT2D eigenvalue weighted by molar-refractivity contribution is 7.09. The first kappa shape index (κ1) is 18.3. The number of aromatic nitrogens is 1.